The van der Waals surface area contributed by atoms with E-state index in [0.717, 1.165) is 0 Å². The van der Waals surface area contributed by atoms with Crippen molar-refractivity contribution < 1.29 is 18.0 Å². The molecule has 0 spiro atoms. The number of nitrogen functional groups attached to an aromatic ring is 1. The van der Waals surface area contributed by atoms with Crippen LogP contribution in [-0.2, 0) is 6.18 Å². The van der Waals surface area contributed by atoms with Gasteiger partial charge in [-0.25, -0.2) is 4.98 Å². The van der Waals surface area contributed by atoms with Gasteiger partial charge in [-0.15, -0.1) is 0 Å². The first-order valence-corrected chi connectivity index (χ1v) is 5.50. The lowest BCUT2D eigenvalue weighted by Gasteiger charge is -2.09. The zero-order chi connectivity index (χ0) is 14.9. The van der Waals surface area contributed by atoms with Crippen LogP contribution in [0.25, 0.3) is 0 Å². The highest BCUT2D eigenvalue weighted by molar-refractivity contribution is 6.33. The third-order valence-electron chi connectivity index (χ3n) is 2.31. The van der Waals surface area contributed by atoms with Crippen molar-refractivity contribution in [1.82, 2.24) is 15.2 Å². The summed E-state index contributed by atoms with van der Waals surface area (Å²) >= 11 is 5.65. The molecule has 106 valence electrons. The summed E-state index contributed by atoms with van der Waals surface area (Å²) in [5, 5.41) is 7.79. The van der Waals surface area contributed by atoms with Gasteiger partial charge < -0.3 is 11.1 Å². The molecule has 2 aromatic rings. The number of H-pyrrole nitrogens is 1. The molecule has 4 N–H and O–H groups in total. The number of amides is 1. The van der Waals surface area contributed by atoms with E-state index in [0.29, 0.717) is 12.3 Å². The molecule has 0 unspecified atom stereocenters. The van der Waals surface area contributed by atoms with Crippen LogP contribution in [0.1, 0.15) is 15.9 Å². The van der Waals surface area contributed by atoms with Crippen LogP contribution in [0.5, 0.6) is 0 Å². The number of pyridine rings is 1. The summed E-state index contributed by atoms with van der Waals surface area (Å²) in [4.78, 5) is 15.2. The molecule has 0 saturated carbocycles. The number of hydrogen-bond donors (Lipinski definition) is 3. The fourth-order valence-electron chi connectivity index (χ4n) is 1.34. The number of aromatic amines is 1. The van der Waals surface area contributed by atoms with Gasteiger partial charge >= 0.3 is 6.18 Å². The molecule has 20 heavy (non-hydrogen) atoms. The molecule has 0 fully saturated rings. The normalized spacial score (nSPS) is 11.4. The minimum atomic E-state index is -4.56. The molecular formula is C10H7ClF3N5O. The van der Waals surface area contributed by atoms with Crippen LogP contribution in [0.15, 0.2) is 18.5 Å². The number of hydrogen-bond acceptors (Lipinski definition) is 4. The van der Waals surface area contributed by atoms with Crippen LogP contribution in [0.3, 0.4) is 0 Å². The monoisotopic (exact) mass is 305 g/mol. The SMILES string of the molecule is Nc1[nH]ncc1C(=O)Nc1ncc(C(F)(F)F)cc1Cl. The molecule has 2 aromatic heterocycles. The largest absolute Gasteiger partial charge is 0.417 e. The summed E-state index contributed by atoms with van der Waals surface area (Å²) in [5.74, 6) is -0.874. The Labute approximate surface area is 115 Å². The lowest BCUT2D eigenvalue weighted by Crippen LogP contribution is -2.15. The Balaban J connectivity index is 2.23. The predicted octanol–water partition coefficient (Wildman–Crippen LogP) is 2.31. The number of alkyl halides is 3. The molecule has 0 aliphatic rings. The van der Waals surface area contributed by atoms with Crippen molar-refractivity contribution in [2.75, 3.05) is 11.1 Å². The lowest BCUT2D eigenvalue weighted by atomic mass is 10.2. The summed E-state index contributed by atoms with van der Waals surface area (Å²) < 4.78 is 37.3. The maximum absolute atomic E-state index is 12.4. The molecule has 0 saturated heterocycles. The summed E-state index contributed by atoms with van der Waals surface area (Å²) in [5.41, 5.74) is 4.45. The average Bonchev–Trinajstić information content (AvgIpc) is 2.76. The van der Waals surface area contributed by atoms with Gasteiger partial charge in [0.2, 0.25) is 0 Å². The molecule has 10 heteroatoms. The first kappa shape index (κ1) is 14.1. The second-order valence-corrected chi connectivity index (χ2v) is 4.11. The van der Waals surface area contributed by atoms with Crippen LogP contribution in [0.4, 0.5) is 24.8 Å². The molecule has 0 atom stereocenters. The van der Waals surface area contributed by atoms with E-state index >= 15 is 0 Å². The van der Waals surface area contributed by atoms with Crippen molar-refractivity contribution in [1.29, 1.82) is 0 Å². The highest BCUT2D eigenvalue weighted by atomic mass is 35.5. The van der Waals surface area contributed by atoms with Gasteiger partial charge in [0.25, 0.3) is 5.91 Å². The highest BCUT2D eigenvalue weighted by Crippen LogP contribution is 2.32. The van der Waals surface area contributed by atoms with E-state index in [1.54, 1.807) is 0 Å². The highest BCUT2D eigenvalue weighted by Gasteiger charge is 2.31. The van der Waals surface area contributed by atoms with E-state index < -0.39 is 17.6 Å². The van der Waals surface area contributed by atoms with Gasteiger partial charge in [-0.1, -0.05) is 11.6 Å². The summed E-state index contributed by atoms with van der Waals surface area (Å²) in [6.07, 6.45) is -2.82. The molecule has 6 nitrogen and oxygen atoms in total. The third-order valence-corrected chi connectivity index (χ3v) is 2.60. The van der Waals surface area contributed by atoms with E-state index in [2.05, 4.69) is 20.5 Å². The van der Waals surface area contributed by atoms with Crippen LogP contribution in [0, 0.1) is 0 Å². The number of nitrogens with zero attached hydrogens (tertiary/aromatic N) is 2. The molecule has 1 amide bonds. The maximum Gasteiger partial charge on any atom is 0.417 e. The molecule has 0 aliphatic carbocycles. The minimum absolute atomic E-state index is 0.0190. The molecule has 2 rings (SSSR count). The van der Waals surface area contributed by atoms with E-state index in [9.17, 15) is 18.0 Å². The van der Waals surface area contributed by atoms with E-state index in [-0.39, 0.29) is 22.2 Å². The Morgan fingerprint density at radius 1 is 1.40 bits per heavy atom. The van der Waals surface area contributed by atoms with Gasteiger partial charge in [0.05, 0.1) is 16.8 Å². The Bertz CT molecular complexity index is 655. The standard InChI is InChI=1S/C10H7ClF3N5O/c11-6-1-4(10(12,13)14)2-16-8(6)18-9(20)5-3-17-19-7(5)15/h1-3H,(H3,15,17,19)(H,16,18,20). The Morgan fingerprint density at radius 3 is 2.60 bits per heavy atom. The maximum atomic E-state index is 12.4. The van der Waals surface area contributed by atoms with Gasteiger partial charge in [-0.2, -0.15) is 18.3 Å². The number of carbonyl (C=O) groups excluding carboxylic acids is 1. The topological polar surface area (TPSA) is 96.7 Å². The molecule has 0 radical (unpaired) electrons. The molecule has 0 aliphatic heterocycles. The number of nitrogens with one attached hydrogen (secondary N) is 2. The Morgan fingerprint density at radius 2 is 2.10 bits per heavy atom. The molecule has 2 heterocycles. The molecule has 0 aromatic carbocycles. The van der Waals surface area contributed by atoms with Crippen LogP contribution < -0.4 is 11.1 Å². The van der Waals surface area contributed by atoms with Gasteiger partial charge in [-0.05, 0) is 6.07 Å². The molecule has 0 bridgehead atoms. The summed E-state index contributed by atoms with van der Waals surface area (Å²) in [7, 11) is 0. The molecular weight excluding hydrogens is 299 g/mol. The quantitative estimate of drug-likeness (QED) is 0.793. The van der Waals surface area contributed by atoms with Crippen molar-refractivity contribution in [3.8, 4) is 0 Å². The van der Waals surface area contributed by atoms with E-state index in [1.165, 1.54) is 6.20 Å². The smallest absolute Gasteiger partial charge is 0.383 e. The van der Waals surface area contributed by atoms with Crippen molar-refractivity contribution >= 4 is 29.1 Å². The summed E-state index contributed by atoms with van der Waals surface area (Å²) in [6, 6.07) is 0.670. The van der Waals surface area contributed by atoms with Crippen molar-refractivity contribution in [3.05, 3.63) is 34.6 Å². The van der Waals surface area contributed by atoms with Crippen molar-refractivity contribution in [3.63, 3.8) is 0 Å². The lowest BCUT2D eigenvalue weighted by molar-refractivity contribution is -0.137. The average molecular weight is 306 g/mol. The fraction of sp³-hybridized carbons (Fsp3) is 0.100. The van der Waals surface area contributed by atoms with E-state index in [1.807, 2.05) is 0 Å². The van der Waals surface area contributed by atoms with E-state index in [4.69, 9.17) is 17.3 Å². The number of carbonyl (C=O) groups is 1. The van der Waals surface area contributed by atoms with Gasteiger partial charge in [0, 0.05) is 6.20 Å². The Kier molecular flexibility index (Phi) is 3.53. The summed E-state index contributed by atoms with van der Waals surface area (Å²) in [6.45, 7) is 0. The fourth-order valence-corrected chi connectivity index (χ4v) is 1.55. The second-order valence-electron chi connectivity index (χ2n) is 3.70. The predicted molar refractivity (Wildman–Crippen MR) is 65.2 cm³/mol. The number of halogens is 4. The third kappa shape index (κ3) is 2.82. The first-order valence-electron chi connectivity index (χ1n) is 5.12. The second kappa shape index (κ2) is 5.00. The van der Waals surface area contributed by atoms with Crippen LogP contribution >= 0.6 is 11.6 Å². The number of nitrogens with two attached hydrogens (primary N) is 1. The van der Waals surface area contributed by atoms with Crippen molar-refractivity contribution in [2.24, 2.45) is 0 Å². The minimum Gasteiger partial charge on any atom is -0.383 e. The Hall–Kier alpha value is -2.29. The van der Waals surface area contributed by atoms with Gasteiger partial charge in [0.15, 0.2) is 5.82 Å². The zero-order valence-electron chi connectivity index (χ0n) is 9.62. The number of anilines is 2. The number of rotatable bonds is 2. The first-order chi connectivity index (χ1) is 9.29. The zero-order valence-corrected chi connectivity index (χ0v) is 10.4. The van der Waals surface area contributed by atoms with Gasteiger partial charge in [-0.3, -0.25) is 9.89 Å². The van der Waals surface area contributed by atoms with Crippen molar-refractivity contribution in [2.45, 2.75) is 6.18 Å². The van der Waals surface area contributed by atoms with Crippen LogP contribution in [0.2, 0.25) is 5.02 Å². The van der Waals surface area contributed by atoms with Gasteiger partial charge in [0.1, 0.15) is 11.4 Å². The number of aromatic nitrogens is 3. The van der Waals surface area contributed by atoms with Crippen LogP contribution in [-0.4, -0.2) is 21.1 Å².